The summed E-state index contributed by atoms with van der Waals surface area (Å²) in [6.45, 7) is 0. The van der Waals surface area contributed by atoms with Gasteiger partial charge in [0.15, 0.2) is 0 Å². The molecule has 2 nitrogen and oxygen atoms in total. The summed E-state index contributed by atoms with van der Waals surface area (Å²) in [4.78, 5) is 3.27. The zero-order valence-corrected chi connectivity index (χ0v) is 11.5. The number of nitrogens with one attached hydrogen (secondary N) is 1. The Morgan fingerprint density at radius 3 is 2.43 bits per heavy atom. The molecule has 0 saturated carbocycles. The highest BCUT2D eigenvalue weighted by Gasteiger charge is 2.16. The van der Waals surface area contributed by atoms with Gasteiger partial charge in [-0.25, -0.2) is 0 Å². The van der Waals surface area contributed by atoms with Gasteiger partial charge in [0.25, 0.3) is 0 Å². The number of benzene rings is 3. The van der Waals surface area contributed by atoms with E-state index in [9.17, 15) is 5.11 Å². The summed E-state index contributed by atoms with van der Waals surface area (Å²) in [7, 11) is 0. The summed E-state index contributed by atoms with van der Waals surface area (Å²) in [6.07, 6.45) is 1.29. The number of aromatic nitrogens is 1. The molecule has 0 spiro atoms. The Hall–Kier alpha value is -2.58. The minimum absolute atomic E-state index is 0.620. The molecule has 1 aromatic heterocycles. The Balaban J connectivity index is 1.99. The van der Waals surface area contributed by atoms with E-state index in [1.165, 1.54) is 10.8 Å². The minimum Gasteiger partial charge on any atom is -0.384 e. The molecule has 2 N–H and O–H groups in total. The molecule has 0 amide bonds. The molecule has 0 radical (unpaired) electrons. The van der Waals surface area contributed by atoms with E-state index in [1.807, 2.05) is 48.7 Å². The average Bonchev–Trinajstić information content (AvgIpc) is 2.99. The topological polar surface area (TPSA) is 36.0 Å². The Morgan fingerprint density at radius 2 is 1.57 bits per heavy atom. The highest BCUT2D eigenvalue weighted by Crippen LogP contribution is 2.33. The molecular formula is C19H15NO. The maximum atomic E-state index is 10.7. The first-order valence-corrected chi connectivity index (χ1v) is 7.06. The standard InChI is InChI=1S/C19H15NO/c21-19(14-7-2-1-3-8-14)16-12-20-17-11-10-13-6-4-5-9-15(13)18(16)17/h1-12,19-21H. The van der Waals surface area contributed by atoms with Crippen LogP contribution in [0.1, 0.15) is 17.2 Å². The van der Waals surface area contributed by atoms with Gasteiger partial charge in [0, 0.05) is 22.7 Å². The van der Waals surface area contributed by atoms with E-state index in [4.69, 9.17) is 0 Å². The number of hydrogen-bond donors (Lipinski definition) is 2. The van der Waals surface area contributed by atoms with Gasteiger partial charge in [0.2, 0.25) is 0 Å². The highest BCUT2D eigenvalue weighted by atomic mass is 16.3. The van der Waals surface area contributed by atoms with Gasteiger partial charge >= 0.3 is 0 Å². The Kier molecular flexibility index (Phi) is 2.76. The van der Waals surface area contributed by atoms with Gasteiger partial charge in [0.05, 0.1) is 0 Å². The van der Waals surface area contributed by atoms with Crippen molar-refractivity contribution < 1.29 is 5.11 Å². The van der Waals surface area contributed by atoms with Crippen LogP contribution < -0.4 is 0 Å². The third kappa shape index (κ3) is 1.92. The third-order valence-corrected chi connectivity index (χ3v) is 4.01. The molecule has 1 heterocycles. The third-order valence-electron chi connectivity index (χ3n) is 4.01. The van der Waals surface area contributed by atoms with Gasteiger partial charge in [-0.15, -0.1) is 0 Å². The second kappa shape index (κ2) is 4.76. The molecule has 4 rings (SSSR count). The van der Waals surface area contributed by atoms with E-state index in [1.54, 1.807) is 0 Å². The fourth-order valence-corrected chi connectivity index (χ4v) is 2.96. The fraction of sp³-hybridized carbons (Fsp3) is 0.0526. The van der Waals surface area contributed by atoms with Crippen molar-refractivity contribution >= 4 is 21.7 Å². The highest BCUT2D eigenvalue weighted by molar-refractivity contribution is 6.08. The Labute approximate surface area is 122 Å². The number of rotatable bonds is 2. The van der Waals surface area contributed by atoms with Crippen molar-refractivity contribution in [1.82, 2.24) is 4.98 Å². The maximum absolute atomic E-state index is 10.7. The molecule has 1 atom stereocenters. The van der Waals surface area contributed by atoms with E-state index in [-0.39, 0.29) is 0 Å². The smallest absolute Gasteiger partial charge is 0.106 e. The monoisotopic (exact) mass is 273 g/mol. The Morgan fingerprint density at radius 1 is 0.810 bits per heavy atom. The summed E-state index contributed by atoms with van der Waals surface area (Å²) < 4.78 is 0. The molecule has 21 heavy (non-hydrogen) atoms. The van der Waals surface area contributed by atoms with Crippen LogP contribution in [0.5, 0.6) is 0 Å². The number of aliphatic hydroxyl groups excluding tert-OH is 1. The normalized spacial score (nSPS) is 12.8. The maximum Gasteiger partial charge on any atom is 0.106 e. The second-order valence-corrected chi connectivity index (χ2v) is 5.27. The molecular weight excluding hydrogens is 258 g/mol. The predicted octanol–water partition coefficient (Wildman–Crippen LogP) is 4.40. The van der Waals surface area contributed by atoms with Crippen molar-refractivity contribution in [1.29, 1.82) is 0 Å². The molecule has 4 aromatic rings. The van der Waals surface area contributed by atoms with Gasteiger partial charge in [-0.1, -0.05) is 60.7 Å². The van der Waals surface area contributed by atoms with E-state index in [2.05, 4.69) is 29.2 Å². The van der Waals surface area contributed by atoms with Gasteiger partial charge in [-0.2, -0.15) is 0 Å². The van der Waals surface area contributed by atoms with Crippen molar-refractivity contribution in [3.8, 4) is 0 Å². The summed E-state index contributed by atoms with van der Waals surface area (Å²) in [5, 5.41) is 14.2. The first-order valence-electron chi connectivity index (χ1n) is 7.06. The largest absolute Gasteiger partial charge is 0.384 e. The first kappa shape index (κ1) is 12.2. The molecule has 0 saturated heterocycles. The van der Waals surface area contributed by atoms with Crippen LogP contribution in [0.25, 0.3) is 21.7 Å². The average molecular weight is 273 g/mol. The zero-order chi connectivity index (χ0) is 14.2. The van der Waals surface area contributed by atoms with Crippen molar-refractivity contribution in [2.45, 2.75) is 6.10 Å². The SMILES string of the molecule is OC(c1ccccc1)c1c[nH]c2ccc3ccccc3c12. The quantitative estimate of drug-likeness (QED) is 0.558. The molecule has 3 aromatic carbocycles. The molecule has 0 aliphatic rings. The summed E-state index contributed by atoms with van der Waals surface area (Å²) >= 11 is 0. The molecule has 0 fully saturated rings. The van der Waals surface area contributed by atoms with Crippen LogP contribution in [0.3, 0.4) is 0 Å². The first-order chi connectivity index (χ1) is 10.3. The molecule has 2 heteroatoms. The van der Waals surface area contributed by atoms with Crippen LogP contribution in [-0.2, 0) is 0 Å². The summed E-state index contributed by atoms with van der Waals surface area (Å²) in [6, 6.07) is 22.2. The lowest BCUT2D eigenvalue weighted by Gasteiger charge is -2.11. The summed E-state index contributed by atoms with van der Waals surface area (Å²) in [5.74, 6) is 0. The van der Waals surface area contributed by atoms with E-state index >= 15 is 0 Å². The van der Waals surface area contributed by atoms with Gasteiger partial charge in [0.1, 0.15) is 6.10 Å². The van der Waals surface area contributed by atoms with Crippen LogP contribution in [0.4, 0.5) is 0 Å². The number of fused-ring (bicyclic) bond motifs is 3. The molecule has 0 aliphatic heterocycles. The minimum atomic E-state index is -0.620. The number of H-pyrrole nitrogens is 1. The van der Waals surface area contributed by atoms with Crippen molar-refractivity contribution in [3.05, 3.63) is 84.1 Å². The van der Waals surface area contributed by atoms with E-state index in [0.29, 0.717) is 0 Å². The van der Waals surface area contributed by atoms with E-state index < -0.39 is 6.10 Å². The lowest BCUT2D eigenvalue weighted by atomic mass is 9.97. The molecule has 0 bridgehead atoms. The number of aromatic amines is 1. The molecule has 1 unspecified atom stereocenters. The van der Waals surface area contributed by atoms with E-state index in [0.717, 1.165) is 22.0 Å². The van der Waals surface area contributed by atoms with Gasteiger partial charge in [-0.05, 0) is 22.4 Å². The van der Waals surface area contributed by atoms with Gasteiger partial charge in [-0.3, -0.25) is 0 Å². The summed E-state index contributed by atoms with van der Waals surface area (Å²) in [5.41, 5.74) is 2.89. The lowest BCUT2D eigenvalue weighted by molar-refractivity contribution is 0.222. The van der Waals surface area contributed by atoms with Crippen molar-refractivity contribution in [2.75, 3.05) is 0 Å². The number of aliphatic hydroxyl groups is 1. The van der Waals surface area contributed by atoms with Crippen LogP contribution in [0, 0.1) is 0 Å². The number of hydrogen-bond acceptors (Lipinski definition) is 1. The second-order valence-electron chi connectivity index (χ2n) is 5.27. The lowest BCUT2D eigenvalue weighted by Crippen LogP contribution is -1.98. The fourth-order valence-electron chi connectivity index (χ4n) is 2.96. The van der Waals surface area contributed by atoms with Crippen LogP contribution in [0.2, 0.25) is 0 Å². The van der Waals surface area contributed by atoms with Crippen LogP contribution in [0.15, 0.2) is 72.9 Å². The van der Waals surface area contributed by atoms with Crippen molar-refractivity contribution in [3.63, 3.8) is 0 Å². The predicted molar refractivity (Wildman–Crippen MR) is 86.3 cm³/mol. The molecule has 102 valence electrons. The zero-order valence-electron chi connectivity index (χ0n) is 11.5. The van der Waals surface area contributed by atoms with Crippen molar-refractivity contribution in [2.24, 2.45) is 0 Å². The van der Waals surface area contributed by atoms with Gasteiger partial charge < -0.3 is 10.1 Å². The Bertz CT molecular complexity index is 909. The van der Waals surface area contributed by atoms with Crippen LogP contribution >= 0.6 is 0 Å². The van der Waals surface area contributed by atoms with Crippen LogP contribution in [-0.4, -0.2) is 10.1 Å². The molecule has 0 aliphatic carbocycles.